The fourth-order valence-corrected chi connectivity index (χ4v) is 3.03. The Balaban J connectivity index is 1.88. The van der Waals surface area contributed by atoms with Gasteiger partial charge in [0.15, 0.2) is 5.76 Å². The maximum absolute atomic E-state index is 12.1. The number of nitrogens with two attached hydrogens (primary N) is 1. The van der Waals surface area contributed by atoms with Crippen molar-refractivity contribution in [1.82, 2.24) is 14.8 Å². The van der Waals surface area contributed by atoms with Crippen LogP contribution < -0.4 is 11.1 Å². The first-order chi connectivity index (χ1) is 12.6. The van der Waals surface area contributed by atoms with Gasteiger partial charge in [0.2, 0.25) is 17.7 Å². The Labute approximate surface area is 148 Å². The van der Waals surface area contributed by atoms with Gasteiger partial charge in [-0.25, -0.2) is 4.68 Å². The van der Waals surface area contributed by atoms with Crippen molar-refractivity contribution in [2.24, 2.45) is 5.73 Å². The molecule has 0 radical (unpaired) electrons. The zero-order chi connectivity index (χ0) is 18.3. The molecule has 0 aliphatic carbocycles. The van der Waals surface area contributed by atoms with E-state index in [0.29, 0.717) is 34.4 Å². The molecule has 1 aliphatic heterocycles. The van der Waals surface area contributed by atoms with Crippen LogP contribution in [0.15, 0.2) is 58.3 Å². The number of carbonyl (C=O) groups excluding carboxylic acids is 1. The van der Waals surface area contributed by atoms with Gasteiger partial charge in [0, 0.05) is 5.70 Å². The number of aromatic nitrogens is 3. The molecule has 1 amide bonds. The molecule has 8 nitrogen and oxygen atoms in total. The summed E-state index contributed by atoms with van der Waals surface area (Å²) in [7, 11) is 0. The number of nitrogens with one attached hydrogen (secondary N) is 1. The first-order valence-corrected chi connectivity index (χ1v) is 7.86. The predicted molar refractivity (Wildman–Crippen MR) is 92.5 cm³/mol. The largest absolute Gasteiger partial charge is 0.461 e. The van der Waals surface area contributed by atoms with Crippen LogP contribution in [0, 0.1) is 11.3 Å². The lowest BCUT2D eigenvalue weighted by molar-refractivity contribution is -0.115. The van der Waals surface area contributed by atoms with Gasteiger partial charge in [-0.1, -0.05) is 12.1 Å². The van der Waals surface area contributed by atoms with Crippen molar-refractivity contribution >= 4 is 11.9 Å². The minimum atomic E-state index is -0.551. The molecule has 128 valence electrons. The Morgan fingerprint density at radius 2 is 2.12 bits per heavy atom. The number of amides is 1. The Morgan fingerprint density at radius 3 is 2.73 bits per heavy atom. The second-order valence-electron chi connectivity index (χ2n) is 5.85. The number of anilines is 1. The molecule has 0 fully saturated rings. The monoisotopic (exact) mass is 346 g/mol. The number of furan rings is 1. The number of carbonyl (C=O) groups is 1. The average Bonchev–Trinajstić information content (AvgIpc) is 3.29. The van der Waals surface area contributed by atoms with Crippen LogP contribution in [-0.2, 0) is 4.79 Å². The van der Waals surface area contributed by atoms with Gasteiger partial charge in [-0.3, -0.25) is 4.79 Å². The summed E-state index contributed by atoms with van der Waals surface area (Å²) in [4.78, 5) is 16.6. The quantitative estimate of drug-likeness (QED) is 0.749. The molecule has 1 unspecified atom stereocenters. The molecule has 1 atom stereocenters. The van der Waals surface area contributed by atoms with Crippen LogP contribution >= 0.6 is 0 Å². The maximum Gasteiger partial charge on any atom is 0.248 e. The number of fused-ring (bicyclic) bond motifs is 1. The van der Waals surface area contributed by atoms with Gasteiger partial charge in [-0.05, 0) is 36.8 Å². The van der Waals surface area contributed by atoms with E-state index in [1.54, 1.807) is 54.3 Å². The van der Waals surface area contributed by atoms with Gasteiger partial charge >= 0.3 is 0 Å². The van der Waals surface area contributed by atoms with Crippen molar-refractivity contribution in [2.45, 2.75) is 13.0 Å². The van der Waals surface area contributed by atoms with E-state index in [1.807, 2.05) is 0 Å². The highest BCUT2D eigenvalue weighted by atomic mass is 16.3. The van der Waals surface area contributed by atoms with Crippen molar-refractivity contribution in [2.75, 3.05) is 5.32 Å². The third-order valence-electron chi connectivity index (χ3n) is 4.22. The van der Waals surface area contributed by atoms with Gasteiger partial charge in [-0.2, -0.15) is 10.2 Å². The van der Waals surface area contributed by atoms with Gasteiger partial charge in [0.05, 0.1) is 23.5 Å². The smallest absolute Gasteiger partial charge is 0.248 e. The Kier molecular flexibility index (Phi) is 3.55. The first-order valence-electron chi connectivity index (χ1n) is 7.86. The summed E-state index contributed by atoms with van der Waals surface area (Å²) < 4.78 is 6.97. The topological polar surface area (TPSA) is 123 Å². The molecule has 1 aliphatic rings. The fraction of sp³-hybridized carbons (Fsp3) is 0.111. The SMILES string of the molecule is CC1=C(C(N)=O)C(c2ccc(C#N)cc2)n2nc(-c3ccco3)nc2N1. The lowest BCUT2D eigenvalue weighted by atomic mass is 9.95. The maximum atomic E-state index is 12.1. The molecular weight excluding hydrogens is 332 g/mol. The summed E-state index contributed by atoms with van der Waals surface area (Å²) in [5.41, 5.74) is 7.93. The highest BCUT2D eigenvalue weighted by molar-refractivity contribution is 5.95. The van der Waals surface area contributed by atoms with E-state index >= 15 is 0 Å². The molecule has 3 aromatic rings. The molecule has 0 saturated heterocycles. The molecular formula is C18H14N6O2. The van der Waals surface area contributed by atoms with Crippen LogP contribution in [0.2, 0.25) is 0 Å². The van der Waals surface area contributed by atoms with Crippen molar-refractivity contribution in [3.63, 3.8) is 0 Å². The number of primary amides is 1. The van der Waals surface area contributed by atoms with Crippen LogP contribution in [0.5, 0.6) is 0 Å². The van der Waals surface area contributed by atoms with E-state index < -0.39 is 11.9 Å². The third-order valence-corrected chi connectivity index (χ3v) is 4.22. The molecule has 2 aromatic heterocycles. The fourth-order valence-electron chi connectivity index (χ4n) is 3.03. The Hall–Kier alpha value is -3.86. The van der Waals surface area contributed by atoms with E-state index in [4.69, 9.17) is 15.4 Å². The normalized spacial score (nSPS) is 15.9. The zero-order valence-corrected chi connectivity index (χ0v) is 13.8. The lowest BCUT2D eigenvalue weighted by Gasteiger charge is -2.27. The number of allylic oxidation sites excluding steroid dienone is 1. The minimum Gasteiger partial charge on any atom is -0.461 e. The minimum absolute atomic E-state index is 0.387. The number of hydrogen-bond acceptors (Lipinski definition) is 6. The van der Waals surface area contributed by atoms with Crippen molar-refractivity contribution in [3.05, 3.63) is 65.1 Å². The van der Waals surface area contributed by atoms with Crippen LogP contribution in [-0.4, -0.2) is 20.7 Å². The molecule has 4 rings (SSSR count). The second-order valence-corrected chi connectivity index (χ2v) is 5.85. The first kappa shape index (κ1) is 15.7. The Bertz CT molecular complexity index is 1050. The van der Waals surface area contributed by atoms with Crippen LogP contribution in [0.4, 0.5) is 5.95 Å². The van der Waals surface area contributed by atoms with Crippen LogP contribution in [0.1, 0.15) is 24.1 Å². The summed E-state index contributed by atoms with van der Waals surface area (Å²) in [5, 5.41) is 16.6. The number of nitrogens with zero attached hydrogens (tertiary/aromatic N) is 4. The second kappa shape index (κ2) is 5.89. The molecule has 1 aromatic carbocycles. The number of benzene rings is 1. The predicted octanol–water partition coefficient (Wildman–Crippen LogP) is 2.18. The third kappa shape index (κ3) is 2.43. The highest BCUT2D eigenvalue weighted by Gasteiger charge is 2.33. The van der Waals surface area contributed by atoms with E-state index in [1.165, 1.54) is 0 Å². The molecule has 3 N–H and O–H groups in total. The summed E-state index contributed by atoms with van der Waals surface area (Å²) in [6, 6.07) is 12.0. The molecule has 0 bridgehead atoms. The standard InChI is InChI=1S/C18H14N6O2/c1-10-14(16(20)25)15(12-6-4-11(9-19)5-7-12)24-18(21-10)22-17(23-24)13-3-2-8-26-13/h2-8,15H,1H3,(H2,20,25)(H,21,22,23). The van der Waals surface area contributed by atoms with Crippen LogP contribution in [0.25, 0.3) is 11.6 Å². The summed E-state index contributed by atoms with van der Waals surface area (Å²) >= 11 is 0. The average molecular weight is 346 g/mol. The van der Waals surface area contributed by atoms with E-state index in [2.05, 4.69) is 21.5 Å². The number of hydrogen-bond donors (Lipinski definition) is 2. The van der Waals surface area contributed by atoms with Crippen LogP contribution in [0.3, 0.4) is 0 Å². The van der Waals surface area contributed by atoms with Gasteiger partial charge < -0.3 is 15.5 Å². The van der Waals surface area contributed by atoms with Crippen molar-refractivity contribution in [1.29, 1.82) is 5.26 Å². The van der Waals surface area contributed by atoms with Gasteiger partial charge in [0.25, 0.3) is 0 Å². The highest BCUT2D eigenvalue weighted by Crippen LogP contribution is 2.36. The Morgan fingerprint density at radius 1 is 1.35 bits per heavy atom. The summed E-state index contributed by atoms with van der Waals surface area (Å²) in [5.74, 6) is 0.846. The van der Waals surface area contributed by atoms with Crippen molar-refractivity contribution in [3.8, 4) is 17.7 Å². The summed E-state index contributed by atoms with van der Waals surface area (Å²) in [6.07, 6.45) is 1.54. The zero-order valence-electron chi connectivity index (χ0n) is 13.8. The van der Waals surface area contributed by atoms with Crippen molar-refractivity contribution < 1.29 is 9.21 Å². The molecule has 0 spiro atoms. The lowest BCUT2D eigenvalue weighted by Crippen LogP contribution is -2.31. The van der Waals surface area contributed by atoms with Gasteiger partial charge in [0.1, 0.15) is 6.04 Å². The number of nitriles is 1. The van der Waals surface area contributed by atoms with Gasteiger partial charge in [-0.15, -0.1) is 5.10 Å². The van der Waals surface area contributed by atoms with E-state index in [9.17, 15) is 4.79 Å². The summed E-state index contributed by atoms with van der Waals surface area (Å²) in [6.45, 7) is 1.77. The van der Waals surface area contributed by atoms with E-state index in [-0.39, 0.29) is 0 Å². The molecule has 0 saturated carbocycles. The molecule has 8 heteroatoms. The number of rotatable bonds is 3. The van der Waals surface area contributed by atoms with E-state index in [0.717, 1.165) is 5.56 Å². The molecule has 3 heterocycles. The molecule has 26 heavy (non-hydrogen) atoms.